The number of aryl methyl sites for hydroxylation is 2. The second-order valence-corrected chi connectivity index (χ2v) is 5.64. The molecular formula is C18H22FN. The number of nitrogens with one attached hydrogen (secondary N) is 1. The molecule has 0 amide bonds. The lowest BCUT2D eigenvalue weighted by molar-refractivity contribution is 0.589. The predicted molar refractivity (Wildman–Crippen MR) is 83.3 cm³/mol. The summed E-state index contributed by atoms with van der Waals surface area (Å²) in [4.78, 5) is 0. The first-order chi connectivity index (χ1) is 9.47. The van der Waals surface area contributed by atoms with E-state index in [0.29, 0.717) is 6.04 Å². The van der Waals surface area contributed by atoms with Gasteiger partial charge < -0.3 is 5.32 Å². The Morgan fingerprint density at radius 1 is 0.950 bits per heavy atom. The zero-order valence-corrected chi connectivity index (χ0v) is 12.6. The summed E-state index contributed by atoms with van der Waals surface area (Å²) in [6, 6.07) is 11.8. The van der Waals surface area contributed by atoms with Crippen LogP contribution in [0.15, 0.2) is 36.4 Å². The van der Waals surface area contributed by atoms with E-state index in [0.717, 1.165) is 23.2 Å². The van der Waals surface area contributed by atoms with E-state index >= 15 is 0 Å². The fourth-order valence-corrected chi connectivity index (χ4v) is 2.34. The van der Waals surface area contributed by atoms with E-state index in [1.807, 2.05) is 13.0 Å². The van der Waals surface area contributed by atoms with Crippen molar-refractivity contribution in [2.24, 2.45) is 0 Å². The Morgan fingerprint density at radius 2 is 1.70 bits per heavy atom. The fourth-order valence-electron chi connectivity index (χ4n) is 2.34. The van der Waals surface area contributed by atoms with Crippen LogP contribution < -0.4 is 5.32 Å². The highest BCUT2D eigenvalue weighted by atomic mass is 19.1. The smallest absolute Gasteiger partial charge is 0.123 e. The lowest BCUT2D eigenvalue weighted by Crippen LogP contribution is -2.21. The van der Waals surface area contributed by atoms with E-state index in [9.17, 15) is 4.39 Å². The zero-order chi connectivity index (χ0) is 14.7. The van der Waals surface area contributed by atoms with Crippen LogP contribution >= 0.6 is 0 Å². The molecule has 0 saturated heterocycles. The fraction of sp³-hybridized carbons (Fsp3) is 0.333. The summed E-state index contributed by atoms with van der Waals surface area (Å²) >= 11 is 0. The van der Waals surface area contributed by atoms with Crippen molar-refractivity contribution in [2.45, 2.75) is 40.3 Å². The van der Waals surface area contributed by atoms with Crippen LogP contribution in [-0.4, -0.2) is 6.04 Å². The van der Waals surface area contributed by atoms with Gasteiger partial charge in [0, 0.05) is 12.6 Å². The standard InChI is InChI=1S/C18H22FN/c1-12(2)20-11-15-6-8-17(14(4)9-15)18-10-16(19)7-5-13(18)3/h5-10,12,20H,11H2,1-4H3. The van der Waals surface area contributed by atoms with E-state index in [1.165, 1.54) is 17.2 Å². The van der Waals surface area contributed by atoms with Crippen LogP contribution in [0.3, 0.4) is 0 Å². The maximum absolute atomic E-state index is 13.4. The van der Waals surface area contributed by atoms with Crippen molar-refractivity contribution in [1.29, 1.82) is 0 Å². The number of rotatable bonds is 4. The molecule has 1 N–H and O–H groups in total. The molecule has 2 aromatic rings. The van der Waals surface area contributed by atoms with Gasteiger partial charge in [0.1, 0.15) is 5.82 Å². The van der Waals surface area contributed by atoms with Crippen molar-refractivity contribution >= 4 is 0 Å². The minimum Gasteiger partial charge on any atom is -0.310 e. The van der Waals surface area contributed by atoms with Crippen molar-refractivity contribution in [2.75, 3.05) is 0 Å². The van der Waals surface area contributed by atoms with Crippen molar-refractivity contribution in [3.8, 4) is 11.1 Å². The highest BCUT2D eigenvalue weighted by Crippen LogP contribution is 2.28. The van der Waals surface area contributed by atoms with Crippen molar-refractivity contribution in [1.82, 2.24) is 5.32 Å². The first kappa shape index (κ1) is 14.7. The summed E-state index contributed by atoms with van der Waals surface area (Å²) in [7, 11) is 0. The van der Waals surface area contributed by atoms with Gasteiger partial charge in [-0.25, -0.2) is 4.39 Å². The van der Waals surface area contributed by atoms with Crippen LogP contribution in [0.2, 0.25) is 0 Å². The molecule has 20 heavy (non-hydrogen) atoms. The minimum atomic E-state index is -0.185. The molecule has 0 heterocycles. The van der Waals surface area contributed by atoms with Gasteiger partial charge in [-0.2, -0.15) is 0 Å². The molecule has 0 aliphatic carbocycles. The third-order valence-corrected chi connectivity index (χ3v) is 3.50. The van der Waals surface area contributed by atoms with Gasteiger partial charge in [-0.3, -0.25) is 0 Å². The molecule has 0 radical (unpaired) electrons. The van der Waals surface area contributed by atoms with E-state index in [4.69, 9.17) is 0 Å². The SMILES string of the molecule is Cc1cc(CNC(C)C)ccc1-c1cc(F)ccc1C. The Bertz CT molecular complexity index is 602. The summed E-state index contributed by atoms with van der Waals surface area (Å²) in [6.07, 6.45) is 0. The minimum absolute atomic E-state index is 0.185. The molecule has 0 fully saturated rings. The van der Waals surface area contributed by atoms with Crippen molar-refractivity contribution < 1.29 is 4.39 Å². The van der Waals surface area contributed by atoms with Crippen LogP contribution in [0.5, 0.6) is 0 Å². The molecule has 0 bridgehead atoms. The molecule has 0 atom stereocenters. The van der Waals surface area contributed by atoms with Gasteiger partial charge in [0.05, 0.1) is 0 Å². The third-order valence-electron chi connectivity index (χ3n) is 3.50. The zero-order valence-electron chi connectivity index (χ0n) is 12.6. The first-order valence-corrected chi connectivity index (χ1v) is 7.07. The molecule has 0 saturated carbocycles. The van der Waals surface area contributed by atoms with Gasteiger partial charge in [-0.15, -0.1) is 0 Å². The van der Waals surface area contributed by atoms with Crippen molar-refractivity contribution in [3.05, 3.63) is 58.9 Å². The van der Waals surface area contributed by atoms with Crippen LogP contribution in [0, 0.1) is 19.7 Å². The van der Waals surface area contributed by atoms with Gasteiger partial charge in [-0.1, -0.05) is 38.1 Å². The average Bonchev–Trinajstić information content (AvgIpc) is 2.39. The van der Waals surface area contributed by atoms with E-state index in [2.05, 4.69) is 44.3 Å². The molecule has 2 aromatic carbocycles. The quantitative estimate of drug-likeness (QED) is 0.856. The maximum atomic E-state index is 13.4. The Hall–Kier alpha value is -1.67. The second kappa shape index (κ2) is 6.19. The molecule has 0 aromatic heterocycles. The normalized spacial score (nSPS) is 11.1. The Labute approximate surface area is 120 Å². The van der Waals surface area contributed by atoms with E-state index in [-0.39, 0.29) is 5.82 Å². The molecule has 0 aliphatic rings. The topological polar surface area (TPSA) is 12.0 Å². The molecule has 0 aliphatic heterocycles. The summed E-state index contributed by atoms with van der Waals surface area (Å²) in [5, 5.41) is 3.41. The van der Waals surface area contributed by atoms with Gasteiger partial charge >= 0.3 is 0 Å². The van der Waals surface area contributed by atoms with E-state index < -0.39 is 0 Å². The summed E-state index contributed by atoms with van der Waals surface area (Å²) < 4.78 is 13.4. The number of hydrogen-bond acceptors (Lipinski definition) is 1. The molecule has 2 rings (SSSR count). The summed E-state index contributed by atoms with van der Waals surface area (Å²) in [6.45, 7) is 9.23. The Kier molecular flexibility index (Phi) is 4.56. The van der Waals surface area contributed by atoms with Crippen LogP contribution in [0.4, 0.5) is 4.39 Å². The number of benzene rings is 2. The van der Waals surface area contributed by atoms with Crippen LogP contribution in [0.1, 0.15) is 30.5 Å². The lowest BCUT2D eigenvalue weighted by atomic mass is 9.95. The average molecular weight is 271 g/mol. The molecule has 1 nitrogen and oxygen atoms in total. The lowest BCUT2D eigenvalue weighted by Gasteiger charge is -2.13. The third kappa shape index (κ3) is 3.45. The molecule has 2 heteroatoms. The van der Waals surface area contributed by atoms with Gasteiger partial charge in [0.2, 0.25) is 0 Å². The molecule has 0 unspecified atom stereocenters. The van der Waals surface area contributed by atoms with Crippen LogP contribution in [-0.2, 0) is 6.54 Å². The summed E-state index contributed by atoms with van der Waals surface area (Å²) in [5.74, 6) is -0.185. The van der Waals surface area contributed by atoms with Crippen molar-refractivity contribution in [3.63, 3.8) is 0 Å². The second-order valence-electron chi connectivity index (χ2n) is 5.64. The molecule has 106 valence electrons. The van der Waals surface area contributed by atoms with E-state index in [1.54, 1.807) is 6.07 Å². The molecular weight excluding hydrogens is 249 g/mol. The van der Waals surface area contributed by atoms with Gasteiger partial charge in [0.25, 0.3) is 0 Å². The molecule has 0 spiro atoms. The predicted octanol–water partition coefficient (Wildman–Crippen LogP) is 4.61. The van der Waals surface area contributed by atoms with Crippen LogP contribution in [0.25, 0.3) is 11.1 Å². The summed E-state index contributed by atoms with van der Waals surface area (Å²) in [5.41, 5.74) is 5.62. The Balaban J connectivity index is 2.32. The monoisotopic (exact) mass is 271 g/mol. The van der Waals surface area contributed by atoms with Gasteiger partial charge in [-0.05, 0) is 53.8 Å². The highest BCUT2D eigenvalue weighted by Gasteiger charge is 2.07. The highest BCUT2D eigenvalue weighted by molar-refractivity contribution is 5.70. The largest absolute Gasteiger partial charge is 0.310 e. The number of halogens is 1. The first-order valence-electron chi connectivity index (χ1n) is 7.07. The van der Waals surface area contributed by atoms with Gasteiger partial charge in [0.15, 0.2) is 0 Å². The Morgan fingerprint density at radius 3 is 2.35 bits per heavy atom. The number of hydrogen-bond donors (Lipinski definition) is 1. The maximum Gasteiger partial charge on any atom is 0.123 e.